The third kappa shape index (κ3) is 4.42. The molecule has 0 aliphatic carbocycles. The number of amides is 2. The van der Waals surface area contributed by atoms with Gasteiger partial charge in [-0.3, -0.25) is 9.59 Å². The summed E-state index contributed by atoms with van der Waals surface area (Å²) in [7, 11) is 0. The highest BCUT2D eigenvalue weighted by atomic mass is 79.9. The van der Waals surface area contributed by atoms with Crippen molar-refractivity contribution in [1.29, 1.82) is 0 Å². The Morgan fingerprint density at radius 3 is 2.35 bits per heavy atom. The average Bonchev–Trinajstić information content (AvgIpc) is 2.99. The Labute approximate surface area is 191 Å². The summed E-state index contributed by atoms with van der Waals surface area (Å²) in [6.07, 6.45) is 0. The summed E-state index contributed by atoms with van der Waals surface area (Å²) in [5.41, 5.74) is 4.06. The molecule has 1 heterocycles. The summed E-state index contributed by atoms with van der Waals surface area (Å²) in [6.45, 7) is 6.17. The summed E-state index contributed by atoms with van der Waals surface area (Å²) in [5.74, 6) is -0.297. The van der Waals surface area contributed by atoms with Gasteiger partial charge < -0.3 is 10.2 Å². The van der Waals surface area contributed by atoms with E-state index in [1.807, 2.05) is 69.3 Å². The highest BCUT2D eigenvalue weighted by Crippen LogP contribution is 2.38. The summed E-state index contributed by atoms with van der Waals surface area (Å²) in [5, 5.41) is 3.06. The lowest BCUT2D eigenvalue weighted by atomic mass is 9.98. The quantitative estimate of drug-likeness (QED) is 0.522. The van der Waals surface area contributed by atoms with Crippen LogP contribution in [0, 0.1) is 0 Å². The first-order valence-electron chi connectivity index (χ1n) is 10.3. The molecule has 4 rings (SSSR count). The molecule has 3 aromatic rings. The number of carbonyl (C=O) groups is 2. The zero-order chi connectivity index (χ0) is 22.2. The number of fused-ring (bicyclic) bond motifs is 1. The fourth-order valence-electron chi connectivity index (χ4n) is 4.02. The van der Waals surface area contributed by atoms with E-state index in [-0.39, 0.29) is 11.8 Å². The predicted octanol–water partition coefficient (Wildman–Crippen LogP) is 5.73. The van der Waals surface area contributed by atoms with Gasteiger partial charge in [0, 0.05) is 22.1 Å². The van der Waals surface area contributed by atoms with Gasteiger partial charge in [-0.05, 0) is 61.2 Å². The molecule has 0 bridgehead atoms. The number of benzene rings is 3. The van der Waals surface area contributed by atoms with E-state index in [0.29, 0.717) is 12.1 Å². The van der Waals surface area contributed by atoms with E-state index in [9.17, 15) is 9.59 Å². The Balaban J connectivity index is 1.75. The van der Waals surface area contributed by atoms with Gasteiger partial charge in [0.1, 0.15) is 6.04 Å². The minimum atomic E-state index is -0.678. The number of nitrogens with one attached hydrogen (secondary N) is 1. The molecule has 1 aliphatic heterocycles. The zero-order valence-corrected chi connectivity index (χ0v) is 19.4. The third-order valence-electron chi connectivity index (χ3n) is 5.30. The number of halogens is 1. The largest absolute Gasteiger partial charge is 0.349 e. The second-order valence-corrected chi connectivity index (χ2v) is 9.75. The molecule has 1 unspecified atom stereocenters. The molecular formula is C26H25BrN2O2. The Morgan fingerprint density at radius 2 is 1.65 bits per heavy atom. The second kappa shape index (κ2) is 8.31. The number of rotatable bonds is 4. The maximum absolute atomic E-state index is 13.4. The van der Waals surface area contributed by atoms with Crippen molar-refractivity contribution in [3.8, 4) is 11.1 Å². The minimum absolute atomic E-state index is 0.126. The van der Waals surface area contributed by atoms with E-state index >= 15 is 0 Å². The fourth-order valence-corrected chi connectivity index (χ4v) is 4.40. The Morgan fingerprint density at radius 1 is 0.968 bits per heavy atom. The van der Waals surface area contributed by atoms with Crippen LogP contribution in [0.1, 0.15) is 48.3 Å². The Kier molecular flexibility index (Phi) is 5.71. The van der Waals surface area contributed by atoms with Crippen molar-refractivity contribution in [3.63, 3.8) is 0 Å². The summed E-state index contributed by atoms with van der Waals surface area (Å²) in [6, 6.07) is 23.0. The van der Waals surface area contributed by atoms with E-state index in [4.69, 9.17) is 0 Å². The van der Waals surface area contributed by atoms with Crippen LogP contribution in [0.5, 0.6) is 0 Å². The van der Waals surface area contributed by atoms with Crippen molar-refractivity contribution >= 4 is 27.7 Å². The molecule has 0 spiro atoms. The lowest BCUT2D eigenvalue weighted by Crippen LogP contribution is -2.46. The molecular weight excluding hydrogens is 452 g/mol. The summed E-state index contributed by atoms with van der Waals surface area (Å²) < 4.78 is 0.846. The normalized spacial score (nSPS) is 15.7. The molecule has 2 amide bonds. The van der Waals surface area contributed by atoms with E-state index < -0.39 is 11.6 Å². The smallest absolute Gasteiger partial charge is 0.255 e. The van der Waals surface area contributed by atoms with Gasteiger partial charge in [-0.15, -0.1) is 0 Å². The van der Waals surface area contributed by atoms with Crippen molar-refractivity contribution in [2.24, 2.45) is 0 Å². The van der Waals surface area contributed by atoms with Crippen LogP contribution in [-0.2, 0) is 11.3 Å². The standard InChI is InChI=1S/C26H25BrN2O2/c1-26(2,3)28-24(30)23-22-15-19(27)13-14-21(22)25(31)29(23)16-18-11-7-8-12-20(18)17-9-5-4-6-10-17/h4-15,23H,16H2,1-3H3,(H,28,30). The van der Waals surface area contributed by atoms with Crippen molar-refractivity contribution in [2.45, 2.75) is 38.9 Å². The van der Waals surface area contributed by atoms with Crippen molar-refractivity contribution in [3.05, 3.63) is 94.0 Å². The second-order valence-electron chi connectivity index (χ2n) is 8.83. The van der Waals surface area contributed by atoms with Crippen LogP contribution < -0.4 is 5.32 Å². The van der Waals surface area contributed by atoms with Crippen LogP contribution in [0.2, 0.25) is 0 Å². The first kappa shape index (κ1) is 21.3. The van der Waals surface area contributed by atoms with Gasteiger partial charge in [0.05, 0.1) is 0 Å². The molecule has 3 aromatic carbocycles. The van der Waals surface area contributed by atoms with E-state index in [1.165, 1.54) is 0 Å². The van der Waals surface area contributed by atoms with Crippen LogP contribution in [0.3, 0.4) is 0 Å². The molecule has 1 aliphatic rings. The summed E-state index contributed by atoms with van der Waals surface area (Å²) in [4.78, 5) is 28.4. The maximum atomic E-state index is 13.4. The van der Waals surface area contributed by atoms with Crippen molar-refractivity contribution < 1.29 is 9.59 Å². The number of nitrogens with zero attached hydrogens (tertiary/aromatic N) is 1. The van der Waals surface area contributed by atoms with Gasteiger partial charge in [0.2, 0.25) is 5.91 Å². The number of carbonyl (C=O) groups excluding carboxylic acids is 2. The average molecular weight is 477 g/mol. The molecule has 0 saturated heterocycles. The molecule has 0 saturated carbocycles. The lowest BCUT2D eigenvalue weighted by molar-refractivity contribution is -0.127. The fraction of sp³-hybridized carbons (Fsp3) is 0.231. The Bertz CT molecular complexity index is 1140. The topological polar surface area (TPSA) is 49.4 Å². The van der Waals surface area contributed by atoms with Crippen LogP contribution in [0.25, 0.3) is 11.1 Å². The zero-order valence-electron chi connectivity index (χ0n) is 17.9. The first-order chi connectivity index (χ1) is 14.7. The van der Waals surface area contributed by atoms with Gasteiger partial charge in [-0.2, -0.15) is 0 Å². The highest BCUT2D eigenvalue weighted by molar-refractivity contribution is 9.10. The van der Waals surface area contributed by atoms with E-state index in [0.717, 1.165) is 26.7 Å². The molecule has 0 aromatic heterocycles. The molecule has 0 radical (unpaired) electrons. The maximum Gasteiger partial charge on any atom is 0.255 e. The van der Waals surface area contributed by atoms with Gasteiger partial charge >= 0.3 is 0 Å². The molecule has 1 atom stereocenters. The number of hydrogen-bond donors (Lipinski definition) is 1. The van der Waals surface area contributed by atoms with Gasteiger partial charge in [-0.25, -0.2) is 0 Å². The Hall–Kier alpha value is -2.92. The lowest BCUT2D eigenvalue weighted by Gasteiger charge is -2.29. The minimum Gasteiger partial charge on any atom is -0.349 e. The van der Waals surface area contributed by atoms with E-state index in [1.54, 1.807) is 11.0 Å². The molecule has 4 nitrogen and oxygen atoms in total. The van der Waals surface area contributed by atoms with E-state index in [2.05, 4.69) is 39.4 Å². The van der Waals surface area contributed by atoms with Gasteiger partial charge in [-0.1, -0.05) is 70.5 Å². The van der Waals surface area contributed by atoms with Crippen LogP contribution >= 0.6 is 15.9 Å². The van der Waals surface area contributed by atoms with Crippen molar-refractivity contribution in [1.82, 2.24) is 10.2 Å². The molecule has 31 heavy (non-hydrogen) atoms. The van der Waals surface area contributed by atoms with Gasteiger partial charge in [0.15, 0.2) is 0 Å². The summed E-state index contributed by atoms with van der Waals surface area (Å²) >= 11 is 3.49. The molecule has 5 heteroatoms. The van der Waals surface area contributed by atoms with Crippen LogP contribution in [0.4, 0.5) is 0 Å². The number of hydrogen-bond acceptors (Lipinski definition) is 2. The monoisotopic (exact) mass is 476 g/mol. The van der Waals surface area contributed by atoms with Crippen LogP contribution in [-0.4, -0.2) is 22.3 Å². The first-order valence-corrected chi connectivity index (χ1v) is 11.1. The third-order valence-corrected chi connectivity index (χ3v) is 5.79. The SMILES string of the molecule is CC(C)(C)NC(=O)C1c2cc(Br)ccc2C(=O)N1Cc1ccccc1-c1ccccc1. The predicted molar refractivity (Wildman–Crippen MR) is 127 cm³/mol. The molecule has 158 valence electrons. The van der Waals surface area contributed by atoms with Crippen LogP contribution in [0.15, 0.2) is 77.3 Å². The molecule has 0 fully saturated rings. The van der Waals surface area contributed by atoms with Gasteiger partial charge in [0.25, 0.3) is 5.91 Å². The highest BCUT2D eigenvalue weighted by Gasteiger charge is 2.42. The van der Waals surface area contributed by atoms with Crippen molar-refractivity contribution in [2.75, 3.05) is 0 Å². The molecule has 1 N–H and O–H groups in total.